The average Bonchev–Trinajstić information content (AvgIpc) is 3.15. The number of amides is 2. The Balaban J connectivity index is 1.54. The van der Waals surface area contributed by atoms with Gasteiger partial charge in [0.25, 0.3) is 5.91 Å². The Labute approximate surface area is 163 Å². The summed E-state index contributed by atoms with van der Waals surface area (Å²) in [5.41, 5.74) is 3.97. The molecule has 0 unspecified atom stereocenters. The molecule has 8 nitrogen and oxygen atoms in total. The van der Waals surface area contributed by atoms with Gasteiger partial charge in [0.05, 0.1) is 23.0 Å². The molecule has 0 saturated carbocycles. The number of aryl methyl sites for hydroxylation is 3. The van der Waals surface area contributed by atoms with Gasteiger partial charge in [0.1, 0.15) is 0 Å². The summed E-state index contributed by atoms with van der Waals surface area (Å²) in [5.74, 6) is -1.69. The molecule has 1 aliphatic heterocycles. The number of hydrogen-bond donors (Lipinski definition) is 1. The first-order valence-corrected chi connectivity index (χ1v) is 9.10. The van der Waals surface area contributed by atoms with E-state index in [4.69, 9.17) is 4.74 Å². The highest BCUT2D eigenvalue weighted by atomic mass is 16.5. The smallest absolute Gasteiger partial charge is 0.311 e. The van der Waals surface area contributed by atoms with Crippen molar-refractivity contribution >= 4 is 29.2 Å². The molecule has 148 valence electrons. The molecule has 0 bridgehead atoms. The minimum absolute atomic E-state index is 0.0785. The normalized spacial score (nSPS) is 16.4. The molecule has 1 fully saturated rings. The molecule has 1 aromatic carbocycles. The van der Waals surface area contributed by atoms with Crippen molar-refractivity contribution in [2.24, 2.45) is 13.0 Å². The Morgan fingerprint density at radius 2 is 1.89 bits per heavy atom. The molecule has 0 spiro atoms. The molecule has 1 aliphatic rings. The second-order valence-electron chi connectivity index (χ2n) is 7.07. The van der Waals surface area contributed by atoms with Gasteiger partial charge in [0.2, 0.25) is 5.91 Å². The van der Waals surface area contributed by atoms with Crippen LogP contribution in [0.15, 0.2) is 24.3 Å². The van der Waals surface area contributed by atoms with E-state index in [1.54, 1.807) is 23.6 Å². The third-order valence-electron chi connectivity index (χ3n) is 4.92. The number of carbonyl (C=O) groups excluding carboxylic acids is 3. The van der Waals surface area contributed by atoms with Crippen molar-refractivity contribution in [3.8, 4) is 0 Å². The predicted octanol–water partition coefficient (Wildman–Crippen LogP) is 1.88. The lowest BCUT2D eigenvalue weighted by molar-refractivity contribution is -0.151. The quantitative estimate of drug-likeness (QED) is 0.795. The van der Waals surface area contributed by atoms with Gasteiger partial charge in [-0.2, -0.15) is 5.10 Å². The van der Waals surface area contributed by atoms with Crippen LogP contribution in [0.5, 0.6) is 0 Å². The van der Waals surface area contributed by atoms with Crippen LogP contribution < -0.4 is 10.2 Å². The summed E-state index contributed by atoms with van der Waals surface area (Å²) < 4.78 is 6.81. The third kappa shape index (κ3) is 4.05. The molecule has 1 N–H and O–H groups in total. The topological polar surface area (TPSA) is 93.5 Å². The van der Waals surface area contributed by atoms with E-state index in [-0.39, 0.29) is 18.9 Å². The summed E-state index contributed by atoms with van der Waals surface area (Å²) in [6, 6.07) is 7.54. The number of esters is 1. The maximum atomic E-state index is 12.3. The molecule has 2 aromatic rings. The second kappa shape index (κ2) is 7.84. The average molecular weight is 384 g/mol. The molecule has 0 aliphatic carbocycles. The van der Waals surface area contributed by atoms with Crippen LogP contribution in [0.2, 0.25) is 0 Å². The number of anilines is 2. The minimum atomic E-state index is -0.580. The molecule has 0 radical (unpaired) electrons. The fraction of sp³-hybridized carbons (Fsp3) is 0.400. The van der Waals surface area contributed by atoms with E-state index in [1.165, 1.54) is 0 Å². The third-order valence-corrected chi connectivity index (χ3v) is 4.92. The molecule has 2 amide bonds. The zero-order chi connectivity index (χ0) is 20.4. The minimum Gasteiger partial charge on any atom is -0.455 e. The van der Waals surface area contributed by atoms with Crippen LogP contribution >= 0.6 is 0 Å². The summed E-state index contributed by atoms with van der Waals surface area (Å²) in [5, 5.41) is 6.94. The van der Waals surface area contributed by atoms with Gasteiger partial charge in [0, 0.05) is 25.7 Å². The molecule has 1 aromatic heterocycles. The molecule has 8 heteroatoms. The lowest BCUT2D eigenvalue weighted by Crippen LogP contribution is -2.28. The zero-order valence-electron chi connectivity index (χ0n) is 16.5. The van der Waals surface area contributed by atoms with E-state index in [0.717, 1.165) is 16.9 Å². The maximum Gasteiger partial charge on any atom is 0.311 e. The summed E-state index contributed by atoms with van der Waals surface area (Å²) >= 11 is 0. The number of rotatable bonds is 5. The number of nitrogens with zero attached hydrogens (tertiary/aromatic N) is 3. The monoisotopic (exact) mass is 384 g/mol. The van der Waals surface area contributed by atoms with Gasteiger partial charge in [-0.3, -0.25) is 19.1 Å². The summed E-state index contributed by atoms with van der Waals surface area (Å²) in [6.07, 6.45) is 0.0785. The van der Waals surface area contributed by atoms with Crippen molar-refractivity contribution in [3.05, 3.63) is 41.2 Å². The highest BCUT2D eigenvalue weighted by Gasteiger charge is 2.36. The SMILES string of the molecule is Cc1ccc(N2C[C@H](C(=O)OCC(=O)Nc3c(C)nn(C)c3C)CC2=O)cc1. The second-order valence-corrected chi connectivity index (χ2v) is 7.07. The Kier molecular flexibility index (Phi) is 5.48. The molecular weight excluding hydrogens is 360 g/mol. The van der Waals surface area contributed by atoms with Crippen LogP contribution in [0.25, 0.3) is 0 Å². The van der Waals surface area contributed by atoms with Crippen molar-refractivity contribution in [2.45, 2.75) is 27.2 Å². The highest BCUT2D eigenvalue weighted by Crippen LogP contribution is 2.26. The number of carbonyl (C=O) groups is 3. The van der Waals surface area contributed by atoms with Crippen molar-refractivity contribution in [2.75, 3.05) is 23.4 Å². The van der Waals surface area contributed by atoms with Crippen molar-refractivity contribution in [3.63, 3.8) is 0 Å². The van der Waals surface area contributed by atoms with Gasteiger partial charge in [-0.05, 0) is 32.9 Å². The molecular formula is C20H24N4O4. The van der Waals surface area contributed by atoms with Crippen LogP contribution in [-0.2, 0) is 26.2 Å². The van der Waals surface area contributed by atoms with Gasteiger partial charge in [0.15, 0.2) is 6.61 Å². The molecule has 1 atom stereocenters. The first-order valence-electron chi connectivity index (χ1n) is 9.10. The number of nitrogens with one attached hydrogen (secondary N) is 1. The van der Waals surface area contributed by atoms with Crippen molar-refractivity contribution in [1.82, 2.24) is 9.78 Å². The predicted molar refractivity (Wildman–Crippen MR) is 104 cm³/mol. The van der Waals surface area contributed by atoms with Gasteiger partial charge < -0.3 is 15.0 Å². The lowest BCUT2D eigenvalue weighted by Gasteiger charge is -2.16. The summed E-state index contributed by atoms with van der Waals surface area (Å²) in [6.45, 7) is 5.45. The van der Waals surface area contributed by atoms with E-state index in [0.29, 0.717) is 11.4 Å². The number of benzene rings is 1. The highest BCUT2D eigenvalue weighted by molar-refractivity contribution is 6.00. The first kappa shape index (κ1) is 19.6. The van der Waals surface area contributed by atoms with E-state index in [2.05, 4.69) is 10.4 Å². The number of aromatic nitrogens is 2. The maximum absolute atomic E-state index is 12.3. The Bertz CT molecular complexity index is 917. The van der Waals surface area contributed by atoms with Crippen LogP contribution in [-0.4, -0.2) is 40.7 Å². The summed E-state index contributed by atoms with van der Waals surface area (Å²) in [4.78, 5) is 38.3. The zero-order valence-corrected chi connectivity index (χ0v) is 16.5. The molecule has 1 saturated heterocycles. The fourth-order valence-electron chi connectivity index (χ4n) is 3.22. The Morgan fingerprint density at radius 3 is 2.50 bits per heavy atom. The lowest BCUT2D eigenvalue weighted by atomic mass is 10.1. The molecule has 3 rings (SSSR count). The van der Waals surface area contributed by atoms with Gasteiger partial charge >= 0.3 is 5.97 Å². The van der Waals surface area contributed by atoms with Crippen molar-refractivity contribution in [1.29, 1.82) is 0 Å². The number of hydrogen-bond acceptors (Lipinski definition) is 5. The first-order chi connectivity index (χ1) is 13.3. The summed E-state index contributed by atoms with van der Waals surface area (Å²) in [7, 11) is 1.79. The van der Waals surface area contributed by atoms with E-state index in [9.17, 15) is 14.4 Å². The van der Waals surface area contributed by atoms with Gasteiger partial charge in [-0.15, -0.1) is 0 Å². The van der Waals surface area contributed by atoms with Crippen molar-refractivity contribution < 1.29 is 19.1 Å². The van der Waals surface area contributed by atoms with Crippen LogP contribution in [0.4, 0.5) is 11.4 Å². The molecule has 28 heavy (non-hydrogen) atoms. The Morgan fingerprint density at radius 1 is 1.21 bits per heavy atom. The van der Waals surface area contributed by atoms with E-state index in [1.807, 2.05) is 38.1 Å². The van der Waals surface area contributed by atoms with E-state index < -0.39 is 24.4 Å². The number of ether oxygens (including phenoxy) is 1. The molecule has 2 heterocycles. The van der Waals surface area contributed by atoms with E-state index >= 15 is 0 Å². The van der Waals surface area contributed by atoms with Crippen LogP contribution in [0.3, 0.4) is 0 Å². The largest absolute Gasteiger partial charge is 0.455 e. The fourth-order valence-corrected chi connectivity index (χ4v) is 3.22. The van der Waals surface area contributed by atoms with Gasteiger partial charge in [-0.25, -0.2) is 0 Å². The standard InChI is InChI=1S/C20H24N4O4/c1-12-5-7-16(8-6-12)24-10-15(9-18(24)26)20(27)28-11-17(25)21-19-13(2)22-23(4)14(19)3/h5-8,15H,9-11H2,1-4H3,(H,21,25)/t15-/m1/s1. The van der Waals surface area contributed by atoms with Crippen LogP contribution in [0, 0.1) is 26.7 Å². The van der Waals surface area contributed by atoms with Crippen LogP contribution in [0.1, 0.15) is 23.4 Å². The Hall–Kier alpha value is -3.16. The van der Waals surface area contributed by atoms with Gasteiger partial charge in [-0.1, -0.05) is 17.7 Å².